The average Bonchev–Trinajstić information content (AvgIpc) is 3.95. The van der Waals surface area contributed by atoms with Crippen molar-refractivity contribution in [1.82, 2.24) is 25.2 Å². The Hall–Kier alpha value is -4.11. The summed E-state index contributed by atoms with van der Waals surface area (Å²) in [5.74, 6) is -1.99. The number of nitrogens with one attached hydrogen (secondary N) is 3. The Bertz CT molecular complexity index is 1850. The van der Waals surface area contributed by atoms with Crippen molar-refractivity contribution in [3.05, 3.63) is 42.1 Å². The molecule has 3 aliphatic rings. The number of carbonyl (C=O) groups is 4. The fourth-order valence-electron chi connectivity index (χ4n) is 6.21. The number of halogens is 1. The first-order chi connectivity index (χ1) is 23.7. The van der Waals surface area contributed by atoms with Gasteiger partial charge in [0.1, 0.15) is 35.1 Å². The standard InChI is InChI=1S/C35H46ClN5O9S/c1-9-19-16-35(19,31(44)40-51(46,47)22-11-12-22)39-28(42)25-15-21(49-29-24-14-20(36)10-13-23(24)26(48-8)17-37-29)18-41(25)30(43)27(33(2,3)4)38-32(45)50-34(5,6)7/h9-10,13-14,17,19,21-22,25,27H,1,11-12,15-16,18H2,2-8H3,(H,38,45)(H,39,42)(H,40,44)/t19-,21-,25+,27-,35+/m1/s1. The molecule has 4 amide bonds. The fourth-order valence-corrected chi connectivity index (χ4v) is 7.75. The SMILES string of the molecule is C=C[C@@H]1C[C@@]1(NC(=O)[C@@H]1C[C@@H](Oc2ncc(OC)c3ccc(Cl)cc23)CN1C(=O)[C@@H](NC(=O)OC(C)(C)C)C(C)(C)C)C(=O)NS(=O)(=O)C1CC1. The number of methoxy groups -OCH3 is 1. The zero-order chi connectivity index (χ0) is 37.7. The highest BCUT2D eigenvalue weighted by molar-refractivity contribution is 7.91. The van der Waals surface area contributed by atoms with E-state index in [0.29, 0.717) is 34.4 Å². The quantitative estimate of drug-likeness (QED) is 0.286. The predicted molar refractivity (Wildman–Crippen MR) is 190 cm³/mol. The third-order valence-electron chi connectivity index (χ3n) is 9.15. The highest BCUT2D eigenvalue weighted by atomic mass is 35.5. The minimum atomic E-state index is -3.91. The summed E-state index contributed by atoms with van der Waals surface area (Å²) in [6, 6.07) is 2.82. The topological polar surface area (TPSA) is 182 Å². The number of hydrogen-bond donors (Lipinski definition) is 3. The zero-order valence-corrected chi connectivity index (χ0v) is 31.4. The fraction of sp³-hybridized carbons (Fsp3) is 0.571. The molecule has 16 heteroatoms. The van der Waals surface area contributed by atoms with E-state index in [9.17, 15) is 27.6 Å². The van der Waals surface area contributed by atoms with Crippen molar-refractivity contribution in [3.63, 3.8) is 0 Å². The Kier molecular flexibility index (Phi) is 10.3. The highest BCUT2D eigenvalue weighted by Crippen LogP contribution is 2.45. The molecular weight excluding hydrogens is 702 g/mol. The summed E-state index contributed by atoms with van der Waals surface area (Å²) in [6.45, 7) is 14.1. The second-order valence-corrected chi connectivity index (χ2v) is 17.8. The number of likely N-dealkylation sites (tertiary alicyclic amines) is 1. The number of pyridine rings is 1. The number of carbonyl (C=O) groups excluding carboxylic acids is 4. The van der Waals surface area contributed by atoms with Crippen molar-refractivity contribution in [2.75, 3.05) is 13.7 Å². The first-order valence-corrected chi connectivity index (χ1v) is 18.7. The monoisotopic (exact) mass is 747 g/mol. The largest absolute Gasteiger partial charge is 0.494 e. The maximum atomic E-state index is 14.4. The second kappa shape index (κ2) is 13.8. The Morgan fingerprint density at radius 1 is 1.12 bits per heavy atom. The van der Waals surface area contributed by atoms with Gasteiger partial charge < -0.3 is 29.7 Å². The molecule has 1 aromatic heterocycles. The average molecular weight is 748 g/mol. The summed E-state index contributed by atoms with van der Waals surface area (Å²) in [5, 5.41) is 6.45. The summed E-state index contributed by atoms with van der Waals surface area (Å²) >= 11 is 6.32. The van der Waals surface area contributed by atoms with Crippen molar-refractivity contribution in [1.29, 1.82) is 0 Å². The van der Waals surface area contributed by atoms with Crippen LogP contribution in [-0.4, -0.2) is 90.3 Å². The molecule has 5 rings (SSSR count). The molecule has 2 saturated carbocycles. The summed E-state index contributed by atoms with van der Waals surface area (Å²) in [4.78, 5) is 60.8. The molecular formula is C35H46ClN5O9S. The lowest BCUT2D eigenvalue weighted by atomic mass is 9.85. The third kappa shape index (κ3) is 8.35. The summed E-state index contributed by atoms with van der Waals surface area (Å²) in [7, 11) is -2.40. The zero-order valence-electron chi connectivity index (χ0n) is 29.9. The van der Waals surface area contributed by atoms with E-state index in [0.717, 1.165) is 0 Å². The first-order valence-electron chi connectivity index (χ1n) is 16.8. The molecule has 14 nitrogen and oxygen atoms in total. The van der Waals surface area contributed by atoms with Gasteiger partial charge in [-0.15, -0.1) is 6.58 Å². The molecule has 0 bridgehead atoms. The minimum absolute atomic E-state index is 0.0204. The smallest absolute Gasteiger partial charge is 0.408 e. The van der Waals surface area contributed by atoms with Crippen molar-refractivity contribution >= 4 is 56.2 Å². The molecule has 5 atom stereocenters. The van der Waals surface area contributed by atoms with Gasteiger partial charge in [0.2, 0.25) is 27.7 Å². The van der Waals surface area contributed by atoms with E-state index in [2.05, 4.69) is 26.9 Å². The van der Waals surface area contributed by atoms with Gasteiger partial charge in [-0.1, -0.05) is 38.4 Å². The van der Waals surface area contributed by atoms with E-state index in [4.69, 9.17) is 25.8 Å². The molecule has 51 heavy (non-hydrogen) atoms. The summed E-state index contributed by atoms with van der Waals surface area (Å²) < 4.78 is 44.7. The molecule has 278 valence electrons. The third-order valence-corrected chi connectivity index (χ3v) is 11.2. The van der Waals surface area contributed by atoms with Crippen molar-refractivity contribution in [2.45, 2.75) is 102 Å². The Morgan fingerprint density at radius 3 is 2.37 bits per heavy atom. The van der Waals surface area contributed by atoms with Gasteiger partial charge in [-0.3, -0.25) is 19.1 Å². The number of aromatic nitrogens is 1. The second-order valence-electron chi connectivity index (χ2n) is 15.4. The van der Waals surface area contributed by atoms with Gasteiger partial charge in [0.05, 0.1) is 25.1 Å². The molecule has 1 aromatic carbocycles. The van der Waals surface area contributed by atoms with Gasteiger partial charge in [0.25, 0.3) is 5.91 Å². The van der Waals surface area contributed by atoms with E-state index in [-0.39, 0.29) is 25.3 Å². The van der Waals surface area contributed by atoms with E-state index >= 15 is 0 Å². The maximum absolute atomic E-state index is 14.4. The van der Waals surface area contributed by atoms with Crippen molar-refractivity contribution < 1.29 is 41.8 Å². The molecule has 0 radical (unpaired) electrons. The van der Waals surface area contributed by atoms with Gasteiger partial charge in [-0.2, -0.15) is 0 Å². The number of ether oxygens (including phenoxy) is 3. The van der Waals surface area contributed by atoms with E-state index in [1.54, 1.807) is 59.7 Å². The lowest BCUT2D eigenvalue weighted by molar-refractivity contribution is -0.143. The Labute approximate surface area is 303 Å². The number of fused-ring (bicyclic) bond motifs is 1. The van der Waals surface area contributed by atoms with Crippen LogP contribution in [0.4, 0.5) is 4.79 Å². The molecule has 2 aliphatic carbocycles. The van der Waals surface area contributed by atoms with Gasteiger partial charge in [-0.05, 0) is 63.6 Å². The van der Waals surface area contributed by atoms with Crippen LogP contribution in [0.1, 0.15) is 67.2 Å². The van der Waals surface area contributed by atoms with Crippen LogP contribution in [0, 0.1) is 11.3 Å². The lowest BCUT2D eigenvalue weighted by Crippen LogP contribution is -2.60. The maximum Gasteiger partial charge on any atom is 0.408 e. The molecule has 2 heterocycles. The minimum Gasteiger partial charge on any atom is -0.494 e. The van der Waals surface area contributed by atoms with Crippen LogP contribution < -0.4 is 24.8 Å². The lowest BCUT2D eigenvalue weighted by Gasteiger charge is -2.36. The van der Waals surface area contributed by atoms with Crippen molar-refractivity contribution in [2.24, 2.45) is 11.3 Å². The van der Waals surface area contributed by atoms with Crippen LogP contribution in [0.2, 0.25) is 5.02 Å². The van der Waals surface area contributed by atoms with Gasteiger partial charge in [0.15, 0.2) is 0 Å². The molecule has 1 aliphatic heterocycles. The van der Waals surface area contributed by atoms with Crippen LogP contribution in [0.5, 0.6) is 11.6 Å². The van der Waals surface area contributed by atoms with Crippen LogP contribution in [0.15, 0.2) is 37.1 Å². The number of rotatable bonds is 11. The number of alkyl carbamates (subject to hydrolysis) is 1. The van der Waals surface area contributed by atoms with Crippen molar-refractivity contribution in [3.8, 4) is 11.6 Å². The predicted octanol–water partition coefficient (Wildman–Crippen LogP) is 3.85. The number of amides is 4. The Morgan fingerprint density at radius 2 is 1.80 bits per heavy atom. The van der Waals surface area contributed by atoms with Crippen LogP contribution >= 0.6 is 11.6 Å². The highest BCUT2D eigenvalue weighted by Gasteiger charge is 2.62. The van der Waals surface area contributed by atoms with E-state index in [1.165, 1.54) is 24.3 Å². The first kappa shape index (κ1) is 38.1. The molecule has 1 saturated heterocycles. The van der Waals surface area contributed by atoms with Crippen LogP contribution in [0.3, 0.4) is 0 Å². The number of benzene rings is 1. The van der Waals surface area contributed by atoms with Gasteiger partial charge in [0, 0.05) is 28.1 Å². The van der Waals surface area contributed by atoms with Gasteiger partial charge in [-0.25, -0.2) is 18.2 Å². The van der Waals surface area contributed by atoms with E-state index < -0.39 is 79.7 Å². The van der Waals surface area contributed by atoms with E-state index in [1.807, 2.05) is 0 Å². The molecule has 2 aromatic rings. The van der Waals surface area contributed by atoms with Crippen LogP contribution in [-0.2, 0) is 29.1 Å². The molecule has 3 N–H and O–H groups in total. The molecule has 3 fully saturated rings. The summed E-state index contributed by atoms with van der Waals surface area (Å²) in [5.41, 5.74) is -3.24. The number of nitrogens with zero attached hydrogens (tertiary/aromatic N) is 2. The van der Waals surface area contributed by atoms with Gasteiger partial charge >= 0.3 is 6.09 Å². The number of sulfonamides is 1. The number of hydrogen-bond acceptors (Lipinski definition) is 10. The normalized spacial score (nSPS) is 23.9. The molecule has 0 spiro atoms. The Balaban J connectivity index is 1.46. The van der Waals surface area contributed by atoms with Crippen LogP contribution in [0.25, 0.3) is 10.8 Å². The summed E-state index contributed by atoms with van der Waals surface area (Å²) in [6.07, 6.45) is 2.40. The molecule has 0 unspecified atom stereocenters.